The van der Waals surface area contributed by atoms with E-state index >= 15 is 0 Å². The number of methoxy groups -OCH3 is 1. The molecule has 1 N–H and O–H groups in total. The van der Waals surface area contributed by atoms with Crippen molar-refractivity contribution in [1.29, 1.82) is 0 Å². The Morgan fingerprint density at radius 1 is 1.23 bits per heavy atom. The van der Waals surface area contributed by atoms with E-state index in [9.17, 15) is 8.78 Å². The van der Waals surface area contributed by atoms with Crippen molar-refractivity contribution >= 4 is 34.4 Å². The highest BCUT2D eigenvalue weighted by Gasteiger charge is 2.13. The van der Waals surface area contributed by atoms with Crippen LogP contribution in [-0.2, 0) is 13.2 Å². The summed E-state index contributed by atoms with van der Waals surface area (Å²) in [5.41, 5.74) is 2.90. The summed E-state index contributed by atoms with van der Waals surface area (Å²) < 4.78 is 37.2. The highest BCUT2D eigenvalue weighted by Crippen LogP contribution is 2.30. The van der Waals surface area contributed by atoms with Gasteiger partial charge < -0.3 is 14.8 Å². The van der Waals surface area contributed by atoms with Crippen LogP contribution in [0.2, 0.25) is 0 Å². The molecule has 0 aliphatic heterocycles. The third-order valence-corrected chi connectivity index (χ3v) is 5.37. The lowest BCUT2D eigenvalue weighted by atomic mass is 10.2. The van der Waals surface area contributed by atoms with Crippen LogP contribution < -0.4 is 14.8 Å². The van der Waals surface area contributed by atoms with Gasteiger partial charge in [0.1, 0.15) is 0 Å². The van der Waals surface area contributed by atoms with Crippen molar-refractivity contribution < 1.29 is 18.3 Å². The minimum atomic E-state index is -2.92. The van der Waals surface area contributed by atoms with E-state index in [1.165, 1.54) is 18.4 Å². The number of hydrogen-bond donors (Lipinski definition) is 1. The second kappa shape index (κ2) is 9.96. The number of benzene rings is 2. The number of halogens is 2. The van der Waals surface area contributed by atoms with E-state index in [1.807, 2.05) is 43.1 Å². The van der Waals surface area contributed by atoms with Crippen molar-refractivity contribution in [3.63, 3.8) is 0 Å². The summed E-state index contributed by atoms with van der Waals surface area (Å²) in [6.07, 6.45) is 0. The summed E-state index contributed by atoms with van der Waals surface area (Å²) in [6.45, 7) is 0.0443. The number of nitrogens with zero attached hydrogens (tertiary/aromatic N) is 3. The molecule has 0 saturated carbocycles. The van der Waals surface area contributed by atoms with Gasteiger partial charge in [-0.15, -0.1) is 5.10 Å². The van der Waals surface area contributed by atoms with Crippen LogP contribution in [0.5, 0.6) is 11.5 Å². The van der Waals surface area contributed by atoms with Gasteiger partial charge in [-0.25, -0.2) is 4.68 Å². The lowest BCUT2D eigenvalue weighted by Crippen LogP contribution is -2.22. The predicted molar refractivity (Wildman–Crippen MR) is 116 cm³/mol. The number of alkyl halides is 2. The molecule has 2 aromatic carbocycles. The molecular formula is C20H22F2N4O2S2. The second-order valence-corrected chi connectivity index (χ2v) is 8.31. The first-order valence-electron chi connectivity index (χ1n) is 9.06. The lowest BCUT2D eigenvalue weighted by molar-refractivity contribution is -0.0512. The van der Waals surface area contributed by atoms with Gasteiger partial charge in [0.15, 0.2) is 15.5 Å². The van der Waals surface area contributed by atoms with Gasteiger partial charge in [-0.1, -0.05) is 29.5 Å². The normalized spacial score (nSPS) is 11.2. The SMILES string of the molecule is COc1ccc(CN(C)Cn2nc(Nc3cccc(C)c3)sc2=S)cc1OC(F)F. The smallest absolute Gasteiger partial charge is 0.387 e. The first kappa shape index (κ1) is 22.1. The van der Waals surface area contributed by atoms with Crippen molar-refractivity contribution in [2.24, 2.45) is 0 Å². The second-order valence-electron chi connectivity index (χ2n) is 6.69. The van der Waals surface area contributed by atoms with Crippen LogP contribution in [0.3, 0.4) is 0 Å². The number of aryl methyl sites for hydroxylation is 1. The predicted octanol–water partition coefficient (Wildman–Crippen LogP) is 5.43. The molecule has 30 heavy (non-hydrogen) atoms. The van der Waals surface area contributed by atoms with E-state index in [2.05, 4.69) is 15.2 Å². The molecule has 0 aliphatic rings. The van der Waals surface area contributed by atoms with Gasteiger partial charge in [0, 0.05) is 12.2 Å². The van der Waals surface area contributed by atoms with Crippen molar-refractivity contribution in [3.05, 3.63) is 57.5 Å². The molecule has 0 spiro atoms. The van der Waals surface area contributed by atoms with Crippen LogP contribution in [0.15, 0.2) is 42.5 Å². The van der Waals surface area contributed by atoms with Crippen LogP contribution in [0.25, 0.3) is 0 Å². The van der Waals surface area contributed by atoms with E-state index in [0.29, 0.717) is 22.3 Å². The number of nitrogens with one attached hydrogen (secondary N) is 1. The maximum absolute atomic E-state index is 12.6. The fraction of sp³-hybridized carbons (Fsp3) is 0.300. The molecule has 3 aromatic rings. The first-order chi connectivity index (χ1) is 14.3. The van der Waals surface area contributed by atoms with E-state index in [4.69, 9.17) is 17.0 Å². The molecule has 0 bridgehead atoms. The van der Waals surface area contributed by atoms with Gasteiger partial charge >= 0.3 is 6.61 Å². The fourth-order valence-corrected chi connectivity index (χ4v) is 3.90. The Labute approximate surface area is 182 Å². The molecular weight excluding hydrogens is 430 g/mol. The first-order valence-corrected chi connectivity index (χ1v) is 10.3. The zero-order chi connectivity index (χ0) is 21.7. The standard InChI is InChI=1S/C20H22F2N4O2S2/c1-13-5-4-6-15(9-13)23-19-24-26(20(29)30-19)12-25(2)11-14-7-8-16(27-3)17(10-14)28-18(21)22/h4-10,18H,11-12H2,1-3H3,(H,23,24). The Morgan fingerprint density at radius 3 is 2.73 bits per heavy atom. The van der Waals surface area contributed by atoms with Gasteiger partial charge in [-0.2, -0.15) is 8.78 Å². The third kappa shape index (κ3) is 5.97. The molecule has 1 aromatic heterocycles. The van der Waals surface area contributed by atoms with E-state index in [0.717, 1.165) is 16.8 Å². The molecule has 6 nitrogen and oxygen atoms in total. The maximum Gasteiger partial charge on any atom is 0.387 e. The summed E-state index contributed by atoms with van der Waals surface area (Å²) in [7, 11) is 3.30. The van der Waals surface area contributed by atoms with Crippen LogP contribution in [-0.4, -0.2) is 35.4 Å². The summed E-state index contributed by atoms with van der Waals surface area (Å²) in [5.74, 6) is 0.267. The van der Waals surface area contributed by atoms with Gasteiger partial charge in [0.2, 0.25) is 5.13 Å². The molecule has 10 heteroatoms. The van der Waals surface area contributed by atoms with Gasteiger partial charge in [-0.3, -0.25) is 4.90 Å². The quantitative estimate of drug-likeness (QED) is 0.437. The highest BCUT2D eigenvalue weighted by molar-refractivity contribution is 7.73. The number of ether oxygens (including phenoxy) is 2. The fourth-order valence-electron chi connectivity index (χ4n) is 2.89. The largest absolute Gasteiger partial charge is 0.493 e. The molecule has 0 radical (unpaired) electrons. The van der Waals surface area contributed by atoms with E-state index in [1.54, 1.807) is 22.9 Å². The molecule has 0 amide bonds. The summed E-state index contributed by atoms with van der Waals surface area (Å²) in [4.78, 5) is 1.97. The summed E-state index contributed by atoms with van der Waals surface area (Å²) in [6, 6.07) is 13.0. The Balaban J connectivity index is 1.67. The number of anilines is 2. The molecule has 160 valence electrons. The summed E-state index contributed by atoms with van der Waals surface area (Å²) >= 11 is 6.82. The Kier molecular flexibility index (Phi) is 7.35. The zero-order valence-electron chi connectivity index (χ0n) is 16.8. The van der Waals surface area contributed by atoms with Gasteiger partial charge in [0.25, 0.3) is 0 Å². The Hall–Kier alpha value is -2.56. The topological polar surface area (TPSA) is 51.5 Å². The number of hydrogen-bond acceptors (Lipinski definition) is 7. The third-order valence-electron chi connectivity index (χ3n) is 4.15. The minimum Gasteiger partial charge on any atom is -0.493 e. The molecule has 0 aliphatic carbocycles. The van der Waals surface area contributed by atoms with Crippen molar-refractivity contribution in [3.8, 4) is 11.5 Å². The van der Waals surface area contributed by atoms with Gasteiger partial charge in [0.05, 0.1) is 13.8 Å². The molecule has 0 unspecified atom stereocenters. The highest BCUT2D eigenvalue weighted by atomic mass is 32.1. The van der Waals surface area contributed by atoms with E-state index in [-0.39, 0.29) is 11.5 Å². The van der Waals surface area contributed by atoms with Crippen molar-refractivity contribution in [2.75, 3.05) is 19.5 Å². The molecule has 0 atom stereocenters. The van der Waals surface area contributed by atoms with Crippen molar-refractivity contribution in [1.82, 2.24) is 14.7 Å². The van der Waals surface area contributed by atoms with Gasteiger partial charge in [-0.05, 0) is 61.6 Å². The van der Waals surface area contributed by atoms with Crippen molar-refractivity contribution in [2.45, 2.75) is 26.7 Å². The molecule has 0 fully saturated rings. The van der Waals surface area contributed by atoms with Crippen LogP contribution >= 0.6 is 23.6 Å². The average Bonchev–Trinajstić information content (AvgIpc) is 3.00. The van der Waals surface area contributed by atoms with Crippen LogP contribution in [0, 0.1) is 10.9 Å². The molecule has 1 heterocycles. The molecule has 3 rings (SSSR count). The Bertz CT molecular complexity index is 1060. The minimum absolute atomic E-state index is 0.00769. The molecule has 0 saturated heterocycles. The number of aromatic nitrogens is 2. The summed E-state index contributed by atoms with van der Waals surface area (Å²) in [5, 5.41) is 8.51. The number of rotatable bonds is 9. The van der Waals surface area contributed by atoms with E-state index < -0.39 is 6.61 Å². The Morgan fingerprint density at radius 2 is 2.03 bits per heavy atom. The monoisotopic (exact) mass is 452 g/mol. The zero-order valence-corrected chi connectivity index (χ0v) is 18.4. The average molecular weight is 453 g/mol. The maximum atomic E-state index is 12.6. The van der Waals surface area contributed by atoms with Crippen LogP contribution in [0.4, 0.5) is 19.6 Å². The lowest BCUT2D eigenvalue weighted by Gasteiger charge is -2.18. The van der Waals surface area contributed by atoms with Crippen LogP contribution in [0.1, 0.15) is 11.1 Å².